The fourth-order valence-electron chi connectivity index (χ4n) is 1.88. The summed E-state index contributed by atoms with van der Waals surface area (Å²) in [6.45, 7) is 6.21. The van der Waals surface area contributed by atoms with Gasteiger partial charge in [0.05, 0.1) is 11.7 Å². The van der Waals surface area contributed by atoms with E-state index >= 15 is 0 Å². The molecule has 2 aromatic heterocycles. The second kappa shape index (κ2) is 4.36. The summed E-state index contributed by atoms with van der Waals surface area (Å²) in [5, 5.41) is 2.08. The van der Waals surface area contributed by atoms with E-state index in [9.17, 15) is 0 Å². The van der Waals surface area contributed by atoms with Crippen LogP contribution in [0.1, 0.15) is 33.3 Å². The molecule has 2 aromatic rings. The number of pyridine rings is 1. The molecule has 0 amide bonds. The van der Waals surface area contributed by atoms with Crippen molar-refractivity contribution in [2.24, 2.45) is 5.73 Å². The molecule has 1 unspecified atom stereocenters. The van der Waals surface area contributed by atoms with Gasteiger partial charge >= 0.3 is 0 Å². The fourth-order valence-corrected chi connectivity index (χ4v) is 2.81. The molecule has 1 atom stereocenters. The Morgan fingerprint density at radius 3 is 2.56 bits per heavy atom. The minimum Gasteiger partial charge on any atom is -0.318 e. The molecule has 0 spiro atoms. The molecule has 0 bridgehead atoms. The lowest BCUT2D eigenvalue weighted by molar-refractivity contribution is 0.826. The highest BCUT2D eigenvalue weighted by atomic mass is 32.1. The van der Waals surface area contributed by atoms with Gasteiger partial charge in [-0.15, -0.1) is 11.3 Å². The van der Waals surface area contributed by atoms with Crippen LogP contribution in [0.25, 0.3) is 0 Å². The fraction of sp³-hybridized carbons (Fsp3) is 0.308. The average molecular weight is 232 g/mol. The van der Waals surface area contributed by atoms with Crippen LogP contribution in [0.3, 0.4) is 0 Å². The van der Waals surface area contributed by atoms with Crippen LogP contribution in [-0.4, -0.2) is 4.98 Å². The Bertz CT molecular complexity index is 502. The van der Waals surface area contributed by atoms with Gasteiger partial charge in [-0.2, -0.15) is 0 Å². The first kappa shape index (κ1) is 11.3. The van der Waals surface area contributed by atoms with Crippen molar-refractivity contribution >= 4 is 11.3 Å². The van der Waals surface area contributed by atoms with E-state index in [0.717, 1.165) is 5.69 Å². The summed E-state index contributed by atoms with van der Waals surface area (Å²) in [6, 6.07) is 4.13. The monoisotopic (exact) mass is 232 g/mol. The summed E-state index contributed by atoms with van der Waals surface area (Å²) >= 11 is 1.70. The molecule has 0 saturated carbocycles. The molecule has 3 heteroatoms. The van der Waals surface area contributed by atoms with E-state index in [1.807, 2.05) is 13.1 Å². The number of rotatable bonds is 2. The van der Waals surface area contributed by atoms with Crippen molar-refractivity contribution in [3.63, 3.8) is 0 Å². The van der Waals surface area contributed by atoms with Crippen LogP contribution >= 0.6 is 11.3 Å². The molecule has 0 radical (unpaired) electrons. The van der Waals surface area contributed by atoms with Crippen molar-refractivity contribution in [1.29, 1.82) is 0 Å². The lowest BCUT2D eigenvalue weighted by atomic mass is 10.0. The molecular formula is C13H16N2S. The van der Waals surface area contributed by atoms with Crippen LogP contribution in [0.4, 0.5) is 0 Å². The number of hydrogen-bond acceptors (Lipinski definition) is 3. The predicted octanol–water partition coefficient (Wildman–Crippen LogP) is 3.12. The summed E-state index contributed by atoms with van der Waals surface area (Å²) in [7, 11) is 0. The predicted molar refractivity (Wildman–Crippen MR) is 68.8 cm³/mol. The van der Waals surface area contributed by atoms with Crippen molar-refractivity contribution < 1.29 is 0 Å². The number of nitrogens with two attached hydrogens (primary N) is 1. The number of thiophene rings is 1. The molecule has 0 aromatic carbocycles. The van der Waals surface area contributed by atoms with Crippen LogP contribution < -0.4 is 5.73 Å². The Morgan fingerprint density at radius 1 is 1.25 bits per heavy atom. The van der Waals surface area contributed by atoms with Crippen molar-refractivity contribution in [3.8, 4) is 0 Å². The van der Waals surface area contributed by atoms with Crippen molar-refractivity contribution in [1.82, 2.24) is 4.98 Å². The summed E-state index contributed by atoms with van der Waals surface area (Å²) in [6.07, 6.45) is 1.88. The zero-order chi connectivity index (χ0) is 11.7. The molecule has 0 aliphatic rings. The Kier molecular flexibility index (Phi) is 3.08. The van der Waals surface area contributed by atoms with E-state index in [1.54, 1.807) is 11.3 Å². The largest absolute Gasteiger partial charge is 0.318 e. The first-order valence-corrected chi connectivity index (χ1v) is 6.20. The van der Waals surface area contributed by atoms with Crippen LogP contribution in [0.2, 0.25) is 0 Å². The smallest absolute Gasteiger partial charge is 0.0825 e. The third-order valence-corrected chi connectivity index (χ3v) is 3.84. The highest BCUT2D eigenvalue weighted by Crippen LogP contribution is 2.28. The summed E-state index contributed by atoms with van der Waals surface area (Å²) in [5.41, 5.74) is 10.8. The molecule has 2 heterocycles. The molecule has 0 fully saturated rings. The van der Waals surface area contributed by atoms with E-state index in [2.05, 4.69) is 36.3 Å². The van der Waals surface area contributed by atoms with E-state index in [4.69, 9.17) is 5.73 Å². The van der Waals surface area contributed by atoms with Gasteiger partial charge in [0.2, 0.25) is 0 Å². The average Bonchev–Trinajstić information content (AvgIpc) is 2.63. The second-order valence-electron chi connectivity index (χ2n) is 4.16. The van der Waals surface area contributed by atoms with Gasteiger partial charge in [0, 0.05) is 11.1 Å². The molecule has 2 N–H and O–H groups in total. The maximum atomic E-state index is 6.26. The van der Waals surface area contributed by atoms with Crippen molar-refractivity contribution in [2.75, 3.05) is 0 Å². The zero-order valence-electron chi connectivity index (χ0n) is 9.82. The first-order chi connectivity index (χ1) is 7.59. The quantitative estimate of drug-likeness (QED) is 0.864. The molecule has 0 aliphatic carbocycles. The number of nitrogens with zero attached hydrogens (tertiary/aromatic N) is 1. The Balaban J connectivity index is 2.41. The first-order valence-electron chi connectivity index (χ1n) is 5.32. The molecule has 0 aliphatic heterocycles. The van der Waals surface area contributed by atoms with Gasteiger partial charge in [-0.05, 0) is 48.9 Å². The van der Waals surface area contributed by atoms with Crippen LogP contribution in [0.5, 0.6) is 0 Å². The van der Waals surface area contributed by atoms with Crippen molar-refractivity contribution in [3.05, 3.63) is 51.0 Å². The topological polar surface area (TPSA) is 38.9 Å². The van der Waals surface area contributed by atoms with Gasteiger partial charge in [-0.25, -0.2) is 0 Å². The maximum Gasteiger partial charge on any atom is 0.0825 e. The van der Waals surface area contributed by atoms with Gasteiger partial charge in [0.1, 0.15) is 0 Å². The van der Waals surface area contributed by atoms with Gasteiger partial charge in [-0.1, -0.05) is 6.07 Å². The van der Waals surface area contributed by atoms with Crippen LogP contribution in [0.15, 0.2) is 23.7 Å². The molecular weight excluding hydrogens is 216 g/mol. The van der Waals surface area contributed by atoms with E-state index in [1.165, 1.54) is 21.6 Å². The molecule has 84 valence electrons. The highest BCUT2D eigenvalue weighted by molar-refractivity contribution is 7.10. The number of aromatic nitrogens is 1. The third-order valence-electron chi connectivity index (χ3n) is 2.73. The molecule has 0 saturated heterocycles. The maximum absolute atomic E-state index is 6.26. The van der Waals surface area contributed by atoms with Gasteiger partial charge in [-0.3, -0.25) is 4.98 Å². The lowest BCUT2D eigenvalue weighted by Crippen LogP contribution is -2.14. The SMILES string of the molecule is Cc1cnc(C(N)c2sccc2C)c(C)c1. The summed E-state index contributed by atoms with van der Waals surface area (Å²) in [4.78, 5) is 5.66. The van der Waals surface area contributed by atoms with Crippen LogP contribution in [0, 0.1) is 20.8 Å². The minimum atomic E-state index is -0.0967. The van der Waals surface area contributed by atoms with E-state index < -0.39 is 0 Å². The zero-order valence-corrected chi connectivity index (χ0v) is 10.6. The van der Waals surface area contributed by atoms with Gasteiger partial charge < -0.3 is 5.73 Å². The third kappa shape index (κ3) is 2.01. The summed E-state index contributed by atoms with van der Waals surface area (Å²) < 4.78 is 0. The molecule has 16 heavy (non-hydrogen) atoms. The normalized spacial score (nSPS) is 12.8. The number of hydrogen-bond donors (Lipinski definition) is 1. The van der Waals surface area contributed by atoms with E-state index in [-0.39, 0.29) is 6.04 Å². The Labute approximate surface area is 100 Å². The second-order valence-corrected chi connectivity index (χ2v) is 5.11. The Hall–Kier alpha value is -1.19. The standard InChI is InChI=1S/C13H16N2S/c1-8-6-10(3)12(15-7-8)11(14)13-9(2)4-5-16-13/h4-7,11H,14H2,1-3H3. The molecule has 2 rings (SSSR count). The molecule has 2 nitrogen and oxygen atoms in total. The number of aryl methyl sites for hydroxylation is 3. The minimum absolute atomic E-state index is 0.0967. The van der Waals surface area contributed by atoms with Gasteiger partial charge in [0.15, 0.2) is 0 Å². The van der Waals surface area contributed by atoms with Crippen LogP contribution in [-0.2, 0) is 0 Å². The van der Waals surface area contributed by atoms with E-state index in [0.29, 0.717) is 0 Å². The highest BCUT2D eigenvalue weighted by Gasteiger charge is 2.16. The summed E-state index contributed by atoms with van der Waals surface area (Å²) in [5.74, 6) is 0. The van der Waals surface area contributed by atoms with Crippen molar-refractivity contribution in [2.45, 2.75) is 26.8 Å². The Morgan fingerprint density at radius 2 is 2.00 bits per heavy atom. The van der Waals surface area contributed by atoms with Gasteiger partial charge in [0.25, 0.3) is 0 Å². The lowest BCUT2D eigenvalue weighted by Gasteiger charge is -2.13.